The number of nitrogens with one attached hydrogen (secondary N) is 1. The third-order valence-corrected chi connectivity index (χ3v) is 5.44. The lowest BCUT2D eigenvalue weighted by atomic mass is 9.73. The Kier molecular flexibility index (Phi) is 2.97. The maximum atomic E-state index is 13.2. The fraction of sp³-hybridized carbons (Fsp3) is 0.625. The molecule has 1 spiro atoms. The first-order chi connectivity index (χ1) is 9.65. The van der Waals surface area contributed by atoms with E-state index in [0.29, 0.717) is 18.9 Å². The Labute approximate surface area is 124 Å². The van der Waals surface area contributed by atoms with Gasteiger partial charge in [0.25, 0.3) is 0 Å². The molecule has 1 N–H and O–H groups in total. The van der Waals surface area contributed by atoms with Gasteiger partial charge in [-0.05, 0) is 55.9 Å². The molecule has 1 saturated heterocycles. The van der Waals surface area contributed by atoms with Crippen LogP contribution in [0, 0.1) is 0 Å². The zero-order valence-electron chi connectivity index (χ0n) is 11.5. The minimum Gasteiger partial charge on any atom is -0.367 e. The van der Waals surface area contributed by atoms with Crippen LogP contribution < -0.4 is 10.2 Å². The molecule has 4 rings (SSSR count). The number of fused-ring (bicyclic) bond motifs is 1. The molecule has 0 radical (unpaired) electrons. The number of aryl methyl sites for hydroxylation is 1. The van der Waals surface area contributed by atoms with Gasteiger partial charge in [-0.1, -0.05) is 11.6 Å². The molecule has 1 aliphatic carbocycles. The van der Waals surface area contributed by atoms with Crippen LogP contribution in [0.25, 0.3) is 0 Å². The summed E-state index contributed by atoms with van der Waals surface area (Å²) in [6, 6.07) is 6.74. The van der Waals surface area contributed by atoms with Crippen molar-refractivity contribution in [3.8, 4) is 0 Å². The van der Waals surface area contributed by atoms with Crippen molar-refractivity contribution in [1.82, 2.24) is 5.32 Å². The standard InChI is InChI=1S/C16H20ClFN2/c17-12-3-4-15-11(6-12)2-1-5-20(15)14-9-16(19-10-14)7-13(18)8-16/h3-4,6,13-14,19H,1-2,5,7-10H2. The molecule has 0 bridgehead atoms. The predicted octanol–water partition coefficient (Wildman–Crippen LogP) is 3.33. The molecule has 3 aliphatic rings. The van der Waals surface area contributed by atoms with E-state index in [1.165, 1.54) is 17.7 Å². The van der Waals surface area contributed by atoms with Crippen molar-refractivity contribution in [2.75, 3.05) is 18.0 Å². The summed E-state index contributed by atoms with van der Waals surface area (Å²) in [5, 5.41) is 4.41. The van der Waals surface area contributed by atoms with Gasteiger partial charge in [0, 0.05) is 35.4 Å². The van der Waals surface area contributed by atoms with E-state index < -0.39 is 6.17 Å². The molecule has 1 atom stereocenters. The second-order valence-electron chi connectivity index (χ2n) is 6.59. The van der Waals surface area contributed by atoms with E-state index in [0.717, 1.165) is 31.0 Å². The molecule has 2 fully saturated rings. The second kappa shape index (κ2) is 4.60. The Morgan fingerprint density at radius 2 is 2.15 bits per heavy atom. The first kappa shape index (κ1) is 12.9. The van der Waals surface area contributed by atoms with Crippen molar-refractivity contribution in [2.45, 2.75) is 49.9 Å². The number of benzene rings is 1. The third-order valence-electron chi connectivity index (χ3n) is 5.20. The molecule has 108 valence electrons. The lowest BCUT2D eigenvalue weighted by Crippen LogP contribution is -2.52. The van der Waals surface area contributed by atoms with Crippen molar-refractivity contribution in [3.05, 3.63) is 28.8 Å². The smallest absolute Gasteiger partial charge is 0.104 e. The molecule has 2 heterocycles. The molecule has 1 unspecified atom stereocenters. The highest BCUT2D eigenvalue weighted by Crippen LogP contribution is 2.43. The minimum absolute atomic E-state index is 0.0914. The average Bonchev–Trinajstić information content (AvgIpc) is 2.82. The van der Waals surface area contributed by atoms with Crippen LogP contribution in [0.2, 0.25) is 5.02 Å². The van der Waals surface area contributed by atoms with Crippen molar-refractivity contribution in [1.29, 1.82) is 0 Å². The minimum atomic E-state index is -0.589. The highest BCUT2D eigenvalue weighted by molar-refractivity contribution is 6.30. The summed E-state index contributed by atoms with van der Waals surface area (Å²) in [4.78, 5) is 2.52. The van der Waals surface area contributed by atoms with Gasteiger partial charge in [0.15, 0.2) is 0 Å². The summed E-state index contributed by atoms with van der Waals surface area (Å²) in [6.45, 7) is 2.09. The van der Waals surface area contributed by atoms with Gasteiger partial charge in [-0.15, -0.1) is 0 Å². The zero-order valence-corrected chi connectivity index (χ0v) is 12.3. The van der Waals surface area contributed by atoms with E-state index >= 15 is 0 Å². The SMILES string of the molecule is FC1CC2(C1)CC(N1CCCc3cc(Cl)ccc31)CN2. The van der Waals surface area contributed by atoms with Crippen molar-refractivity contribution < 1.29 is 4.39 Å². The van der Waals surface area contributed by atoms with Gasteiger partial charge in [-0.3, -0.25) is 0 Å². The van der Waals surface area contributed by atoms with Crippen molar-refractivity contribution in [3.63, 3.8) is 0 Å². The Hall–Kier alpha value is -0.800. The first-order valence-corrected chi connectivity index (χ1v) is 7.97. The number of halogens is 2. The molecule has 1 saturated carbocycles. The van der Waals surface area contributed by atoms with Gasteiger partial charge in [-0.25, -0.2) is 4.39 Å². The summed E-state index contributed by atoms with van der Waals surface area (Å²) >= 11 is 6.10. The summed E-state index contributed by atoms with van der Waals surface area (Å²) in [7, 11) is 0. The van der Waals surface area contributed by atoms with Gasteiger partial charge < -0.3 is 10.2 Å². The predicted molar refractivity (Wildman–Crippen MR) is 80.4 cm³/mol. The van der Waals surface area contributed by atoms with Crippen LogP contribution in [0.4, 0.5) is 10.1 Å². The van der Waals surface area contributed by atoms with Crippen LogP contribution in [0.1, 0.15) is 31.2 Å². The van der Waals surface area contributed by atoms with E-state index in [1.54, 1.807) is 0 Å². The van der Waals surface area contributed by atoms with Crippen LogP contribution in [0.5, 0.6) is 0 Å². The average molecular weight is 295 g/mol. The molecule has 0 amide bonds. The van der Waals surface area contributed by atoms with E-state index in [-0.39, 0.29) is 5.54 Å². The third kappa shape index (κ3) is 2.03. The van der Waals surface area contributed by atoms with Gasteiger partial charge in [0.05, 0.1) is 0 Å². The van der Waals surface area contributed by atoms with Gasteiger partial charge in [0.2, 0.25) is 0 Å². The highest BCUT2D eigenvalue weighted by atomic mass is 35.5. The van der Waals surface area contributed by atoms with Crippen LogP contribution >= 0.6 is 11.6 Å². The van der Waals surface area contributed by atoms with E-state index in [4.69, 9.17) is 11.6 Å². The number of nitrogens with zero attached hydrogens (tertiary/aromatic N) is 1. The first-order valence-electron chi connectivity index (χ1n) is 7.59. The maximum absolute atomic E-state index is 13.2. The van der Waals surface area contributed by atoms with Crippen LogP contribution in [-0.2, 0) is 6.42 Å². The van der Waals surface area contributed by atoms with Crippen molar-refractivity contribution in [2.24, 2.45) is 0 Å². The Morgan fingerprint density at radius 3 is 2.95 bits per heavy atom. The maximum Gasteiger partial charge on any atom is 0.104 e. The normalized spacial score (nSPS) is 36.0. The molecule has 20 heavy (non-hydrogen) atoms. The second-order valence-corrected chi connectivity index (χ2v) is 7.03. The lowest BCUT2D eigenvalue weighted by Gasteiger charge is -2.42. The van der Waals surface area contributed by atoms with Crippen molar-refractivity contribution >= 4 is 17.3 Å². The molecular formula is C16H20ClFN2. The Balaban J connectivity index is 1.56. The molecule has 1 aromatic rings. The Morgan fingerprint density at radius 1 is 1.30 bits per heavy atom. The number of hydrogen-bond acceptors (Lipinski definition) is 2. The van der Waals surface area contributed by atoms with Crippen LogP contribution in [0.15, 0.2) is 18.2 Å². The molecule has 1 aromatic carbocycles. The highest BCUT2D eigenvalue weighted by Gasteiger charge is 2.50. The summed E-state index contributed by atoms with van der Waals surface area (Å²) in [5.41, 5.74) is 2.79. The summed E-state index contributed by atoms with van der Waals surface area (Å²) < 4.78 is 13.2. The molecule has 0 aromatic heterocycles. The van der Waals surface area contributed by atoms with Crippen LogP contribution in [-0.4, -0.2) is 30.8 Å². The molecule has 4 heteroatoms. The quantitative estimate of drug-likeness (QED) is 0.855. The van der Waals surface area contributed by atoms with E-state index in [9.17, 15) is 4.39 Å². The monoisotopic (exact) mass is 294 g/mol. The number of anilines is 1. The summed E-state index contributed by atoms with van der Waals surface area (Å²) in [5.74, 6) is 0. The zero-order chi connectivity index (χ0) is 13.7. The fourth-order valence-corrected chi connectivity index (χ4v) is 4.42. The van der Waals surface area contributed by atoms with Gasteiger partial charge in [-0.2, -0.15) is 0 Å². The van der Waals surface area contributed by atoms with Gasteiger partial charge in [0.1, 0.15) is 6.17 Å². The summed E-state index contributed by atoms with van der Waals surface area (Å²) in [6.07, 6.45) is 4.19. The lowest BCUT2D eigenvalue weighted by molar-refractivity contribution is 0.0821. The van der Waals surface area contributed by atoms with Crippen LogP contribution in [0.3, 0.4) is 0 Å². The fourth-order valence-electron chi connectivity index (χ4n) is 4.22. The topological polar surface area (TPSA) is 15.3 Å². The molecule has 2 nitrogen and oxygen atoms in total. The van der Waals surface area contributed by atoms with E-state index in [2.05, 4.69) is 22.3 Å². The van der Waals surface area contributed by atoms with E-state index in [1.807, 2.05) is 6.07 Å². The number of rotatable bonds is 1. The Bertz CT molecular complexity index is 527. The number of alkyl halides is 1. The number of hydrogen-bond donors (Lipinski definition) is 1. The molecule has 2 aliphatic heterocycles. The molecular weight excluding hydrogens is 275 g/mol. The largest absolute Gasteiger partial charge is 0.367 e. The van der Waals surface area contributed by atoms with Gasteiger partial charge >= 0.3 is 0 Å².